The van der Waals surface area contributed by atoms with Crippen LogP contribution in [0.15, 0.2) is 12.3 Å². The summed E-state index contributed by atoms with van der Waals surface area (Å²) in [6, 6.07) is 2.60. The lowest BCUT2D eigenvalue weighted by atomic mass is 10.1. The summed E-state index contributed by atoms with van der Waals surface area (Å²) >= 11 is 0. The minimum Gasteiger partial charge on any atom is -0.313 e. The van der Waals surface area contributed by atoms with Crippen LogP contribution in [0.1, 0.15) is 18.7 Å². The van der Waals surface area contributed by atoms with Crippen molar-refractivity contribution in [2.75, 3.05) is 26.7 Å². The second-order valence-corrected chi connectivity index (χ2v) is 3.77. The highest BCUT2D eigenvalue weighted by Crippen LogP contribution is 2.19. The predicted octanol–water partition coefficient (Wildman–Crippen LogP) is 0.479. The van der Waals surface area contributed by atoms with Gasteiger partial charge >= 0.3 is 0 Å². The number of aromatic nitrogens is 2. The molecule has 0 aliphatic carbocycles. The van der Waals surface area contributed by atoms with Gasteiger partial charge in [0.2, 0.25) is 0 Å². The highest BCUT2D eigenvalue weighted by atomic mass is 15.3. The van der Waals surface area contributed by atoms with Crippen molar-refractivity contribution in [2.45, 2.75) is 19.5 Å². The van der Waals surface area contributed by atoms with Gasteiger partial charge in [0.1, 0.15) is 0 Å². The van der Waals surface area contributed by atoms with Crippen LogP contribution < -0.4 is 5.32 Å². The first-order chi connectivity index (χ1) is 6.83. The van der Waals surface area contributed by atoms with E-state index in [1.807, 2.05) is 6.20 Å². The standard InChI is InChI=1S/C10H18N4/c1-3-14-9(4-5-12-14)10-8-11-6-7-13(10)2/h4-5,10-11H,3,6-8H2,1-2H3. The van der Waals surface area contributed by atoms with Gasteiger partial charge in [-0.05, 0) is 20.0 Å². The Balaban J connectivity index is 2.20. The fraction of sp³-hybridized carbons (Fsp3) is 0.700. The number of likely N-dealkylation sites (N-methyl/N-ethyl adjacent to an activating group) is 1. The number of hydrogen-bond donors (Lipinski definition) is 1. The van der Waals surface area contributed by atoms with Crippen molar-refractivity contribution >= 4 is 0 Å². The molecule has 1 fully saturated rings. The van der Waals surface area contributed by atoms with Gasteiger partial charge in [0, 0.05) is 32.4 Å². The van der Waals surface area contributed by atoms with Gasteiger partial charge in [0.25, 0.3) is 0 Å². The molecule has 0 aromatic carbocycles. The van der Waals surface area contributed by atoms with E-state index in [1.54, 1.807) is 0 Å². The van der Waals surface area contributed by atoms with Gasteiger partial charge in [-0.1, -0.05) is 0 Å². The highest BCUT2D eigenvalue weighted by Gasteiger charge is 2.22. The molecular formula is C10H18N4. The van der Waals surface area contributed by atoms with Crippen LogP contribution in [0.2, 0.25) is 0 Å². The second-order valence-electron chi connectivity index (χ2n) is 3.77. The summed E-state index contributed by atoms with van der Waals surface area (Å²) in [4.78, 5) is 2.39. The average Bonchev–Trinajstić information content (AvgIpc) is 2.66. The van der Waals surface area contributed by atoms with E-state index >= 15 is 0 Å². The lowest BCUT2D eigenvalue weighted by molar-refractivity contribution is 0.193. The summed E-state index contributed by atoms with van der Waals surface area (Å²) in [7, 11) is 2.18. The molecule has 1 N–H and O–H groups in total. The zero-order valence-corrected chi connectivity index (χ0v) is 8.90. The molecule has 1 aliphatic heterocycles. The molecule has 0 radical (unpaired) electrons. The fourth-order valence-corrected chi connectivity index (χ4v) is 2.03. The molecule has 1 saturated heterocycles. The van der Waals surface area contributed by atoms with Gasteiger partial charge in [-0.3, -0.25) is 9.58 Å². The Hall–Kier alpha value is -0.870. The van der Waals surface area contributed by atoms with Gasteiger partial charge in [-0.2, -0.15) is 5.10 Å². The van der Waals surface area contributed by atoms with Crippen LogP contribution in [0.5, 0.6) is 0 Å². The van der Waals surface area contributed by atoms with Crippen molar-refractivity contribution in [1.82, 2.24) is 20.0 Å². The number of rotatable bonds is 2. The molecule has 0 amide bonds. The van der Waals surface area contributed by atoms with Crippen LogP contribution in [0, 0.1) is 0 Å². The molecule has 0 saturated carbocycles. The van der Waals surface area contributed by atoms with Crippen LogP contribution in [0.4, 0.5) is 0 Å². The third-order valence-corrected chi connectivity index (χ3v) is 2.90. The topological polar surface area (TPSA) is 33.1 Å². The first-order valence-electron chi connectivity index (χ1n) is 5.25. The Bertz CT molecular complexity index is 294. The molecule has 2 rings (SSSR count). The van der Waals surface area contributed by atoms with Crippen LogP contribution in [0.3, 0.4) is 0 Å². The van der Waals surface area contributed by atoms with Crippen LogP contribution in [-0.2, 0) is 6.54 Å². The SMILES string of the molecule is CCn1nccc1C1CNCCN1C. The first kappa shape index (κ1) is 9.68. The summed E-state index contributed by atoms with van der Waals surface area (Å²) < 4.78 is 2.08. The lowest BCUT2D eigenvalue weighted by Gasteiger charge is -2.33. The van der Waals surface area contributed by atoms with Crippen molar-refractivity contribution in [2.24, 2.45) is 0 Å². The Morgan fingerprint density at radius 1 is 1.64 bits per heavy atom. The van der Waals surface area contributed by atoms with E-state index < -0.39 is 0 Å². The van der Waals surface area contributed by atoms with Crippen LogP contribution in [0.25, 0.3) is 0 Å². The van der Waals surface area contributed by atoms with Gasteiger partial charge < -0.3 is 5.32 Å². The zero-order chi connectivity index (χ0) is 9.97. The van der Waals surface area contributed by atoms with Crippen molar-refractivity contribution in [3.63, 3.8) is 0 Å². The summed E-state index contributed by atoms with van der Waals surface area (Å²) in [5.74, 6) is 0. The lowest BCUT2D eigenvalue weighted by Crippen LogP contribution is -2.44. The molecule has 1 aromatic rings. The van der Waals surface area contributed by atoms with Gasteiger partial charge in [-0.15, -0.1) is 0 Å². The molecule has 14 heavy (non-hydrogen) atoms. The molecule has 4 heteroatoms. The molecule has 1 atom stereocenters. The molecular weight excluding hydrogens is 176 g/mol. The number of piperazine rings is 1. The van der Waals surface area contributed by atoms with Gasteiger partial charge in [-0.25, -0.2) is 0 Å². The van der Waals surface area contributed by atoms with Crippen molar-refractivity contribution in [1.29, 1.82) is 0 Å². The number of nitrogens with zero attached hydrogens (tertiary/aromatic N) is 3. The van der Waals surface area contributed by atoms with Gasteiger partial charge in [0.05, 0.1) is 11.7 Å². The summed E-state index contributed by atoms with van der Waals surface area (Å²) in [6.45, 7) is 6.31. The average molecular weight is 194 g/mol. The van der Waals surface area contributed by atoms with Crippen molar-refractivity contribution in [3.05, 3.63) is 18.0 Å². The van der Waals surface area contributed by atoms with E-state index in [1.165, 1.54) is 5.69 Å². The Labute approximate surface area is 84.9 Å². The zero-order valence-electron chi connectivity index (χ0n) is 8.90. The minimum absolute atomic E-state index is 0.478. The largest absolute Gasteiger partial charge is 0.313 e. The summed E-state index contributed by atoms with van der Waals surface area (Å²) in [6.07, 6.45) is 1.89. The molecule has 1 unspecified atom stereocenters. The summed E-state index contributed by atoms with van der Waals surface area (Å²) in [5.41, 5.74) is 1.32. The third kappa shape index (κ3) is 1.67. The van der Waals surface area contributed by atoms with E-state index in [4.69, 9.17) is 0 Å². The van der Waals surface area contributed by atoms with E-state index in [9.17, 15) is 0 Å². The Morgan fingerprint density at radius 2 is 2.50 bits per heavy atom. The van der Waals surface area contributed by atoms with Crippen LogP contribution in [-0.4, -0.2) is 41.4 Å². The molecule has 78 valence electrons. The molecule has 2 heterocycles. The summed E-state index contributed by atoms with van der Waals surface area (Å²) in [5, 5.41) is 7.73. The maximum absolute atomic E-state index is 4.31. The quantitative estimate of drug-likeness (QED) is 0.743. The maximum atomic E-state index is 4.31. The van der Waals surface area contributed by atoms with E-state index in [0.717, 1.165) is 26.2 Å². The van der Waals surface area contributed by atoms with E-state index in [0.29, 0.717) is 6.04 Å². The predicted molar refractivity (Wildman–Crippen MR) is 56.1 cm³/mol. The smallest absolute Gasteiger partial charge is 0.0641 e. The molecule has 4 nitrogen and oxygen atoms in total. The fourth-order valence-electron chi connectivity index (χ4n) is 2.03. The second kappa shape index (κ2) is 4.11. The normalized spacial score (nSPS) is 24.0. The molecule has 1 aromatic heterocycles. The number of hydrogen-bond acceptors (Lipinski definition) is 3. The maximum Gasteiger partial charge on any atom is 0.0641 e. The third-order valence-electron chi connectivity index (χ3n) is 2.90. The van der Waals surface area contributed by atoms with E-state index in [-0.39, 0.29) is 0 Å². The molecule has 1 aliphatic rings. The van der Waals surface area contributed by atoms with Gasteiger partial charge in [0.15, 0.2) is 0 Å². The Kier molecular flexibility index (Phi) is 2.84. The monoisotopic (exact) mass is 194 g/mol. The van der Waals surface area contributed by atoms with Crippen molar-refractivity contribution in [3.8, 4) is 0 Å². The Morgan fingerprint density at radius 3 is 3.21 bits per heavy atom. The van der Waals surface area contributed by atoms with Crippen LogP contribution >= 0.6 is 0 Å². The molecule has 0 bridgehead atoms. The molecule has 0 spiro atoms. The highest BCUT2D eigenvalue weighted by molar-refractivity contribution is 5.08. The van der Waals surface area contributed by atoms with Crippen molar-refractivity contribution < 1.29 is 0 Å². The van der Waals surface area contributed by atoms with E-state index in [2.05, 4.69) is 40.0 Å². The minimum atomic E-state index is 0.478. The number of aryl methyl sites for hydroxylation is 1. The first-order valence-corrected chi connectivity index (χ1v) is 5.25. The number of nitrogens with one attached hydrogen (secondary N) is 1.